The second-order valence-corrected chi connectivity index (χ2v) is 27.0. The summed E-state index contributed by atoms with van der Waals surface area (Å²) in [4.78, 5) is 23.8. The molecule has 0 spiro atoms. The molecule has 0 aliphatic carbocycles. The average molecular weight is 535 g/mol. The Morgan fingerprint density at radius 3 is 1.34 bits per heavy atom. The predicted octanol–water partition coefficient (Wildman–Crippen LogP) is 5.00. The molecular formula is C18H37F3O7Si4. The van der Waals surface area contributed by atoms with Crippen LogP contribution in [0, 0.1) is 0 Å². The molecule has 2 unspecified atom stereocenters. The number of esters is 2. The molecule has 0 aromatic heterocycles. The highest BCUT2D eigenvalue weighted by molar-refractivity contribution is 6.90. The van der Waals surface area contributed by atoms with E-state index < -0.39 is 64.2 Å². The van der Waals surface area contributed by atoms with Gasteiger partial charge in [-0.3, -0.25) is 0 Å². The van der Waals surface area contributed by atoms with Crippen LogP contribution in [0.1, 0.15) is 13.3 Å². The maximum atomic E-state index is 12.8. The number of ether oxygens (including phenoxy) is 2. The first kappa shape index (κ1) is 31.2. The molecule has 32 heavy (non-hydrogen) atoms. The molecule has 0 rings (SSSR count). The largest absolute Gasteiger partial charge is 0.512 e. The van der Waals surface area contributed by atoms with Crippen LogP contribution in [0.15, 0.2) is 12.2 Å². The molecule has 0 aromatic rings. The van der Waals surface area contributed by atoms with E-state index in [-0.39, 0.29) is 0 Å². The third-order valence-corrected chi connectivity index (χ3v) is 15.2. The van der Waals surface area contributed by atoms with Crippen molar-refractivity contribution in [2.75, 3.05) is 0 Å². The summed E-state index contributed by atoms with van der Waals surface area (Å²) in [5.41, 5.74) is -0.851. The first-order valence-electron chi connectivity index (χ1n) is 10.3. The SMILES string of the molecule is CCC(OC(=O)C=CC(=O)OC(F)C(F)F)[Si](O[Si](C)(C)C)(O[Si](C)(C)C)O[Si](C)(C)C. The monoisotopic (exact) mass is 534 g/mol. The van der Waals surface area contributed by atoms with E-state index in [9.17, 15) is 22.8 Å². The molecule has 0 amide bonds. The second kappa shape index (κ2) is 12.1. The zero-order valence-electron chi connectivity index (χ0n) is 20.6. The Labute approximate surface area is 193 Å². The second-order valence-electron chi connectivity index (χ2n) is 10.0. The van der Waals surface area contributed by atoms with E-state index in [0.29, 0.717) is 18.6 Å². The van der Waals surface area contributed by atoms with Gasteiger partial charge in [-0.15, -0.1) is 0 Å². The highest BCUT2D eigenvalue weighted by Gasteiger charge is 2.57. The van der Waals surface area contributed by atoms with Gasteiger partial charge in [0, 0.05) is 12.2 Å². The molecule has 2 atom stereocenters. The minimum absolute atomic E-state index is 0.327. The Kier molecular flexibility index (Phi) is 11.8. The molecule has 188 valence electrons. The van der Waals surface area contributed by atoms with Crippen LogP contribution in [0.5, 0.6) is 0 Å². The third kappa shape index (κ3) is 13.1. The number of alkyl halides is 3. The quantitative estimate of drug-likeness (QED) is 0.187. The lowest BCUT2D eigenvalue weighted by atomic mass is 10.5. The molecule has 0 radical (unpaired) electrons. The zero-order chi connectivity index (χ0) is 25.5. The minimum Gasteiger partial charge on any atom is -0.455 e. The number of rotatable bonds is 13. The van der Waals surface area contributed by atoms with Crippen LogP contribution in [0.25, 0.3) is 0 Å². The average Bonchev–Trinajstić information content (AvgIpc) is 2.52. The van der Waals surface area contributed by atoms with Crippen molar-refractivity contribution in [1.82, 2.24) is 0 Å². The van der Waals surface area contributed by atoms with Gasteiger partial charge in [-0.1, -0.05) is 6.92 Å². The number of carbonyl (C=O) groups excluding carboxylic acids is 2. The zero-order valence-corrected chi connectivity index (χ0v) is 24.6. The fourth-order valence-electron chi connectivity index (χ4n) is 2.46. The molecule has 0 saturated heterocycles. The fourth-order valence-corrected chi connectivity index (χ4v) is 16.7. The summed E-state index contributed by atoms with van der Waals surface area (Å²) < 4.78 is 66.1. The Morgan fingerprint density at radius 1 is 0.719 bits per heavy atom. The molecule has 7 nitrogen and oxygen atoms in total. The van der Waals surface area contributed by atoms with E-state index >= 15 is 0 Å². The molecule has 0 saturated carbocycles. The molecule has 0 aliphatic rings. The summed E-state index contributed by atoms with van der Waals surface area (Å²) in [5.74, 6) is -2.38. The van der Waals surface area contributed by atoms with Crippen molar-refractivity contribution in [3.05, 3.63) is 12.2 Å². The summed E-state index contributed by atoms with van der Waals surface area (Å²) in [7, 11) is -10.2. The van der Waals surface area contributed by atoms with Gasteiger partial charge in [0.25, 0.3) is 0 Å². The highest BCUT2D eigenvalue weighted by Crippen LogP contribution is 2.31. The van der Waals surface area contributed by atoms with Crippen LogP contribution in [0.2, 0.25) is 58.9 Å². The van der Waals surface area contributed by atoms with Crippen LogP contribution in [-0.4, -0.2) is 64.2 Å². The number of hydrogen-bond acceptors (Lipinski definition) is 7. The van der Waals surface area contributed by atoms with Crippen molar-refractivity contribution in [3.63, 3.8) is 0 Å². The molecule has 0 aromatic carbocycles. The van der Waals surface area contributed by atoms with Crippen LogP contribution in [0.4, 0.5) is 13.2 Å². The molecule has 14 heteroatoms. The van der Waals surface area contributed by atoms with Crippen LogP contribution >= 0.6 is 0 Å². The predicted molar refractivity (Wildman–Crippen MR) is 125 cm³/mol. The van der Waals surface area contributed by atoms with Crippen molar-refractivity contribution in [2.24, 2.45) is 0 Å². The van der Waals surface area contributed by atoms with Crippen molar-refractivity contribution < 1.29 is 44.6 Å². The Balaban J connectivity index is 5.89. The number of hydrogen-bond donors (Lipinski definition) is 0. The van der Waals surface area contributed by atoms with Gasteiger partial charge >= 0.3 is 33.5 Å². The van der Waals surface area contributed by atoms with E-state index in [0.717, 1.165) is 0 Å². The van der Waals surface area contributed by atoms with Gasteiger partial charge in [-0.05, 0) is 65.3 Å². The van der Waals surface area contributed by atoms with Crippen molar-refractivity contribution in [1.29, 1.82) is 0 Å². The molecule has 0 aliphatic heterocycles. The maximum Gasteiger partial charge on any atom is 0.512 e. The molecule has 0 fully saturated rings. The smallest absolute Gasteiger partial charge is 0.455 e. The van der Waals surface area contributed by atoms with Gasteiger partial charge in [0.1, 0.15) is 0 Å². The van der Waals surface area contributed by atoms with Crippen molar-refractivity contribution >= 4 is 45.7 Å². The maximum absolute atomic E-state index is 12.8. The van der Waals surface area contributed by atoms with Crippen LogP contribution < -0.4 is 0 Å². The number of halogens is 3. The minimum atomic E-state index is -3.56. The lowest BCUT2D eigenvalue weighted by molar-refractivity contribution is -0.168. The lowest BCUT2D eigenvalue weighted by Gasteiger charge is -2.45. The molecule has 0 bridgehead atoms. The Morgan fingerprint density at radius 2 is 1.06 bits per heavy atom. The van der Waals surface area contributed by atoms with Gasteiger partial charge in [0.2, 0.25) is 0 Å². The van der Waals surface area contributed by atoms with Gasteiger partial charge in [-0.2, -0.15) is 4.39 Å². The van der Waals surface area contributed by atoms with E-state index in [4.69, 9.17) is 17.1 Å². The molecular weight excluding hydrogens is 498 g/mol. The summed E-state index contributed by atoms with van der Waals surface area (Å²) in [6, 6.07) is 0. The van der Waals surface area contributed by atoms with E-state index in [1.807, 2.05) is 58.9 Å². The molecule has 0 N–H and O–H groups in total. The van der Waals surface area contributed by atoms with Gasteiger partial charge in [0.15, 0.2) is 30.7 Å². The molecule has 0 heterocycles. The standard InChI is InChI=1S/C18H37F3O7Si4/c1-11-16(24-14(22)12-13-15(23)25-18(21)17(19)20)32(26-29(2,3)4,27-30(5,6)7)28-31(8,9)10/h12-13,16-18H,11H2,1-10H3. The van der Waals surface area contributed by atoms with Crippen LogP contribution in [-0.2, 0) is 31.4 Å². The van der Waals surface area contributed by atoms with Gasteiger partial charge in [-0.25, -0.2) is 18.4 Å². The third-order valence-electron chi connectivity index (χ3n) is 3.15. The summed E-state index contributed by atoms with van der Waals surface area (Å²) in [6.45, 7) is 19.6. The Bertz CT molecular complexity index is 618. The van der Waals surface area contributed by atoms with Crippen molar-refractivity contribution in [2.45, 2.75) is 90.8 Å². The Hall–Kier alpha value is -0.782. The first-order valence-corrected chi connectivity index (χ1v) is 22.3. The first-order chi connectivity index (χ1) is 14.2. The van der Waals surface area contributed by atoms with E-state index in [1.165, 1.54) is 0 Å². The topological polar surface area (TPSA) is 80.3 Å². The van der Waals surface area contributed by atoms with E-state index in [2.05, 4.69) is 4.74 Å². The summed E-state index contributed by atoms with van der Waals surface area (Å²) in [6.07, 6.45) is -5.00. The number of carbonyl (C=O) groups is 2. The highest BCUT2D eigenvalue weighted by atomic mass is 28.5. The summed E-state index contributed by atoms with van der Waals surface area (Å²) >= 11 is 0. The normalized spacial score (nSPS) is 15.7. The van der Waals surface area contributed by atoms with Crippen LogP contribution in [0.3, 0.4) is 0 Å². The summed E-state index contributed by atoms with van der Waals surface area (Å²) in [5, 5.41) is 0. The lowest BCUT2D eigenvalue weighted by Crippen LogP contribution is -2.67. The van der Waals surface area contributed by atoms with Gasteiger partial charge < -0.3 is 21.8 Å². The van der Waals surface area contributed by atoms with E-state index in [1.54, 1.807) is 6.92 Å². The van der Waals surface area contributed by atoms with Gasteiger partial charge in [0.05, 0.1) is 0 Å². The van der Waals surface area contributed by atoms with Crippen molar-refractivity contribution in [3.8, 4) is 0 Å². The fraction of sp³-hybridized carbons (Fsp3) is 0.778.